The number of alkyl halides is 3. The van der Waals surface area contributed by atoms with E-state index in [1.165, 1.54) is 4.90 Å². The molecule has 0 amide bonds. The Kier molecular flexibility index (Phi) is 9.50. The summed E-state index contributed by atoms with van der Waals surface area (Å²) < 4.78 is 37.3. The molecule has 0 spiro atoms. The fourth-order valence-corrected chi connectivity index (χ4v) is 4.38. The summed E-state index contributed by atoms with van der Waals surface area (Å²) in [4.78, 5) is 8.12. The van der Waals surface area contributed by atoms with Gasteiger partial charge in [-0.25, -0.2) is 0 Å². The van der Waals surface area contributed by atoms with E-state index >= 15 is 0 Å². The van der Waals surface area contributed by atoms with Gasteiger partial charge in [0.2, 0.25) is 0 Å². The Morgan fingerprint density at radius 1 is 1.29 bits per heavy atom. The lowest BCUT2D eigenvalue weighted by molar-refractivity contribution is -0.143. The molecule has 0 aromatic heterocycles. The Balaban J connectivity index is 0.00000288. The topological polar surface area (TPSA) is 30.9 Å². The highest BCUT2D eigenvalue weighted by molar-refractivity contribution is 14.0. The first-order chi connectivity index (χ1) is 10.9. The minimum absolute atomic E-state index is 0. The zero-order valence-corrected chi connectivity index (χ0v) is 17.5. The second-order valence-electron chi connectivity index (χ2n) is 6.28. The van der Waals surface area contributed by atoms with Crippen LogP contribution in [0.25, 0.3) is 0 Å². The number of hydrogen-bond donors (Lipinski definition) is 1. The third-order valence-corrected chi connectivity index (χ3v) is 5.80. The van der Waals surface area contributed by atoms with E-state index in [0.29, 0.717) is 24.9 Å². The summed E-state index contributed by atoms with van der Waals surface area (Å²) >= 11 is 2.01. The minimum Gasteiger partial charge on any atom is -0.356 e. The van der Waals surface area contributed by atoms with Crippen LogP contribution in [0.3, 0.4) is 0 Å². The molecule has 2 aliphatic heterocycles. The minimum atomic E-state index is -4.10. The molecule has 2 aliphatic rings. The third kappa shape index (κ3) is 7.15. The van der Waals surface area contributed by atoms with Crippen LogP contribution in [0.5, 0.6) is 0 Å². The van der Waals surface area contributed by atoms with Crippen molar-refractivity contribution in [3.8, 4) is 0 Å². The Hall–Kier alpha value is 0.1000. The van der Waals surface area contributed by atoms with E-state index in [9.17, 15) is 13.2 Å². The number of nitrogens with zero attached hydrogens (tertiary/aromatic N) is 3. The first-order valence-electron chi connectivity index (χ1n) is 8.27. The van der Waals surface area contributed by atoms with Crippen molar-refractivity contribution < 1.29 is 13.2 Å². The van der Waals surface area contributed by atoms with Crippen LogP contribution in [0.4, 0.5) is 13.2 Å². The van der Waals surface area contributed by atoms with Gasteiger partial charge < -0.3 is 10.2 Å². The summed E-state index contributed by atoms with van der Waals surface area (Å²) in [5.41, 5.74) is 0. The van der Waals surface area contributed by atoms with Crippen LogP contribution in [0.1, 0.15) is 19.8 Å². The van der Waals surface area contributed by atoms with Gasteiger partial charge in [-0.1, -0.05) is 6.92 Å². The summed E-state index contributed by atoms with van der Waals surface area (Å²) in [7, 11) is 1.77. The predicted octanol–water partition coefficient (Wildman–Crippen LogP) is 2.89. The van der Waals surface area contributed by atoms with Crippen molar-refractivity contribution in [3.63, 3.8) is 0 Å². The van der Waals surface area contributed by atoms with Crippen molar-refractivity contribution >= 4 is 41.7 Å². The lowest BCUT2D eigenvalue weighted by Crippen LogP contribution is -2.49. The van der Waals surface area contributed by atoms with Gasteiger partial charge in [-0.2, -0.15) is 24.9 Å². The third-order valence-electron chi connectivity index (χ3n) is 4.43. The fourth-order valence-electron chi connectivity index (χ4n) is 3.20. The number of halogens is 4. The molecule has 142 valence electrons. The molecule has 0 aromatic rings. The van der Waals surface area contributed by atoms with Crippen LogP contribution in [0.15, 0.2) is 4.99 Å². The van der Waals surface area contributed by atoms with Crippen molar-refractivity contribution in [2.75, 3.05) is 52.1 Å². The molecule has 0 aromatic carbocycles. The average molecular weight is 480 g/mol. The van der Waals surface area contributed by atoms with E-state index < -0.39 is 12.7 Å². The summed E-state index contributed by atoms with van der Waals surface area (Å²) in [6, 6.07) is 0. The molecule has 9 heteroatoms. The van der Waals surface area contributed by atoms with Gasteiger partial charge in [-0.15, -0.1) is 24.0 Å². The Labute approximate surface area is 164 Å². The normalized spacial score (nSPS) is 26.4. The molecular formula is C15H28F3IN4S. The number of hydrogen-bond acceptors (Lipinski definition) is 3. The summed E-state index contributed by atoms with van der Waals surface area (Å²) in [6.45, 7) is 5.11. The molecule has 24 heavy (non-hydrogen) atoms. The van der Waals surface area contributed by atoms with Crippen LogP contribution in [0.2, 0.25) is 0 Å². The van der Waals surface area contributed by atoms with Crippen molar-refractivity contribution in [1.29, 1.82) is 0 Å². The lowest BCUT2D eigenvalue weighted by atomic mass is 10.1. The summed E-state index contributed by atoms with van der Waals surface area (Å²) in [6.07, 6.45) is -2.14. The highest BCUT2D eigenvalue weighted by Gasteiger charge is 2.34. The lowest BCUT2D eigenvalue weighted by Gasteiger charge is -2.34. The van der Waals surface area contributed by atoms with Crippen LogP contribution < -0.4 is 5.32 Å². The molecule has 2 rings (SSSR count). The van der Waals surface area contributed by atoms with Crippen molar-refractivity contribution in [1.82, 2.24) is 15.1 Å². The standard InChI is InChI=1S/C15H27F3N4S.HI/c1-3-13-10-22(6-7-23-13)14(19-2)20-8-12-4-5-21(9-12)11-15(16,17)18;/h12-13H,3-11H2,1-2H3,(H,19,20);1H. The number of likely N-dealkylation sites (tertiary alicyclic amines) is 1. The van der Waals surface area contributed by atoms with E-state index in [0.717, 1.165) is 37.6 Å². The van der Waals surface area contributed by atoms with Crippen molar-refractivity contribution in [3.05, 3.63) is 0 Å². The van der Waals surface area contributed by atoms with Crippen molar-refractivity contribution in [2.24, 2.45) is 10.9 Å². The number of aliphatic imine (C=N–C) groups is 1. The Morgan fingerprint density at radius 2 is 2.04 bits per heavy atom. The van der Waals surface area contributed by atoms with Gasteiger partial charge in [0.25, 0.3) is 0 Å². The quantitative estimate of drug-likeness (QED) is 0.381. The van der Waals surface area contributed by atoms with Crippen LogP contribution in [0, 0.1) is 5.92 Å². The zero-order chi connectivity index (χ0) is 16.9. The van der Waals surface area contributed by atoms with E-state index in [1.54, 1.807) is 7.05 Å². The maximum atomic E-state index is 12.4. The Bertz CT molecular complexity index is 409. The van der Waals surface area contributed by atoms with Gasteiger partial charge in [0.15, 0.2) is 5.96 Å². The maximum absolute atomic E-state index is 12.4. The first kappa shape index (κ1) is 22.1. The number of nitrogens with one attached hydrogen (secondary N) is 1. The van der Waals surface area contributed by atoms with E-state index in [2.05, 4.69) is 22.1 Å². The van der Waals surface area contributed by atoms with Crippen LogP contribution >= 0.6 is 35.7 Å². The molecule has 1 N–H and O–H groups in total. The molecule has 0 saturated carbocycles. The second-order valence-corrected chi connectivity index (χ2v) is 7.69. The number of thioether (sulfide) groups is 1. The van der Waals surface area contributed by atoms with Crippen LogP contribution in [-0.2, 0) is 0 Å². The SMILES string of the molecule is CCC1CN(C(=NC)NCC2CCN(CC(F)(F)F)C2)CCS1.I. The molecule has 2 atom stereocenters. The molecule has 2 saturated heterocycles. The van der Waals surface area contributed by atoms with Crippen molar-refractivity contribution in [2.45, 2.75) is 31.2 Å². The summed E-state index contributed by atoms with van der Waals surface area (Å²) in [5.74, 6) is 2.25. The average Bonchev–Trinajstić information content (AvgIpc) is 2.93. The molecule has 2 heterocycles. The molecule has 0 bridgehead atoms. The first-order valence-corrected chi connectivity index (χ1v) is 9.32. The van der Waals surface area contributed by atoms with E-state index in [4.69, 9.17) is 0 Å². The molecule has 2 fully saturated rings. The van der Waals surface area contributed by atoms with Gasteiger partial charge in [0, 0.05) is 44.2 Å². The van der Waals surface area contributed by atoms with Gasteiger partial charge in [-0.05, 0) is 25.3 Å². The molecular weight excluding hydrogens is 452 g/mol. The maximum Gasteiger partial charge on any atom is 0.401 e. The number of rotatable bonds is 4. The van der Waals surface area contributed by atoms with Crippen LogP contribution in [-0.4, -0.2) is 79.3 Å². The second kappa shape index (κ2) is 10.3. The predicted molar refractivity (Wildman–Crippen MR) is 105 cm³/mol. The summed E-state index contributed by atoms with van der Waals surface area (Å²) in [5, 5.41) is 4.00. The molecule has 0 radical (unpaired) electrons. The number of guanidine groups is 1. The van der Waals surface area contributed by atoms with E-state index in [1.807, 2.05) is 11.8 Å². The monoisotopic (exact) mass is 480 g/mol. The van der Waals surface area contributed by atoms with Gasteiger partial charge in [-0.3, -0.25) is 9.89 Å². The Morgan fingerprint density at radius 3 is 2.67 bits per heavy atom. The highest BCUT2D eigenvalue weighted by Crippen LogP contribution is 2.23. The van der Waals surface area contributed by atoms with Gasteiger partial charge in [0.05, 0.1) is 6.54 Å². The van der Waals surface area contributed by atoms with E-state index in [-0.39, 0.29) is 29.9 Å². The van der Waals surface area contributed by atoms with Gasteiger partial charge in [0.1, 0.15) is 0 Å². The molecule has 2 unspecified atom stereocenters. The zero-order valence-electron chi connectivity index (χ0n) is 14.3. The molecule has 4 nitrogen and oxygen atoms in total. The highest BCUT2D eigenvalue weighted by atomic mass is 127. The smallest absolute Gasteiger partial charge is 0.356 e. The van der Waals surface area contributed by atoms with Gasteiger partial charge >= 0.3 is 6.18 Å². The fraction of sp³-hybridized carbons (Fsp3) is 0.933. The largest absolute Gasteiger partial charge is 0.401 e. The molecule has 0 aliphatic carbocycles.